The van der Waals surface area contributed by atoms with Gasteiger partial charge in [0.25, 0.3) is 5.91 Å². The van der Waals surface area contributed by atoms with E-state index in [1.807, 2.05) is 30.6 Å². The van der Waals surface area contributed by atoms with E-state index in [1.165, 1.54) is 12.8 Å². The topological polar surface area (TPSA) is 83.2 Å². The number of aryl methyl sites for hydroxylation is 1. The summed E-state index contributed by atoms with van der Waals surface area (Å²) in [6.07, 6.45) is 6.20. The Morgan fingerprint density at radius 2 is 2.07 bits per heavy atom. The van der Waals surface area contributed by atoms with Gasteiger partial charge in [0.05, 0.1) is 19.9 Å². The van der Waals surface area contributed by atoms with E-state index in [4.69, 9.17) is 9.47 Å². The number of nitrogens with one attached hydrogen (secondary N) is 1. The van der Waals surface area contributed by atoms with Crippen molar-refractivity contribution in [2.45, 2.75) is 25.3 Å². The third-order valence-electron chi connectivity index (χ3n) is 5.12. The predicted molar refractivity (Wildman–Crippen MR) is 108 cm³/mol. The third-order valence-corrected chi connectivity index (χ3v) is 5.12. The zero-order valence-electron chi connectivity index (χ0n) is 16.9. The Bertz CT molecular complexity index is 1020. The smallest absolute Gasteiger partial charge is 0.269 e. The molecule has 1 aromatic carbocycles. The molecule has 0 aliphatic heterocycles. The van der Waals surface area contributed by atoms with Crippen LogP contribution in [0.5, 0.6) is 11.5 Å². The fraction of sp³-hybridized carbons (Fsp3) is 0.381. The molecule has 1 aliphatic carbocycles. The molecule has 8 nitrogen and oxygen atoms in total. The molecule has 0 bridgehead atoms. The highest BCUT2D eigenvalue weighted by Crippen LogP contribution is 2.38. The zero-order valence-corrected chi connectivity index (χ0v) is 16.9. The molecule has 1 aliphatic rings. The van der Waals surface area contributed by atoms with Crippen LogP contribution in [-0.2, 0) is 13.6 Å². The largest absolute Gasteiger partial charge is 0.497 e. The molecule has 0 saturated heterocycles. The summed E-state index contributed by atoms with van der Waals surface area (Å²) in [6.45, 7) is 1.23. The molecule has 0 radical (unpaired) electrons. The number of imidazole rings is 1. The molecule has 0 spiro atoms. The number of carbonyl (C=O) groups excluding carboxylic acids is 1. The summed E-state index contributed by atoms with van der Waals surface area (Å²) in [4.78, 5) is 17.1. The lowest BCUT2D eigenvalue weighted by molar-refractivity contribution is 0.0943. The number of aromatic nitrogens is 4. The van der Waals surface area contributed by atoms with E-state index in [0.717, 1.165) is 11.4 Å². The Kier molecular flexibility index (Phi) is 5.24. The summed E-state index contributed by atoms with van der Waals surface area (Å²) >= 11 is 0. The molecular weight excluding hydrogens is 370 g/mol. The van der Waals surface area contributed by atoms with Crippen LogP contribution < -0.4 is 14.8 Å². The van der Waals surface area contributed by atoms with Gasteiger partial charge in [0.15, 0.2) is 0 Å². The first-order chi connectivity index (χ1) is 14.1. The van der Waals surface area contributed by atoms with Gasteiger partial charge in [-0.1, -0.05) is 0 Å². The van der Waals surface area contributed by atoms with Gasteiger partial charge in [0.2, 0.25) is 0 Å². The second-order valence-electron chi connectivity index (χ2n) is 7.11. The van der Waals surface area contributed by atoms with E-state index < -0.39 is 0 Å². The highest BCUT2D eigenvalue weighted by atomic mass is 16.5. The van der Waals surface area contributed by atoms with Crippen molar-refractivity contribution in [2.24, 2.45) is 7.05 Å². The normalized spacial score (nSPS) is 13.3. The number of carbonyl (C=O) groups is 1. The van der Waals surface area contributed by atoms with Crippen molar-refractivity contribution in [3.8, 4) is 22.8 Å². The van der Waals surface area contributed by atoms with E-state index in [1.54, 1.807) is 32.0 Å². The van der Waals surface area contributed by atoms with Crippen molar-refractivity contribution < 1.29 is 14.3 Å². The molecule has 1 N–H and O–H groups in total. The van der Waals surface area contributed by atoms with Crippen LogP contribution in [0.2, 0.25) is 0 Å². The molecule has 1 fully saturated rings. The molecule has 29 heavy (non-hydrogen) atoms. The molecule has 1 saturated carbocycles. The molecular formula is C21H25N5O3. The Hall–Kier alpha value is -3.29. The fourth-order valence-corrected chi connectivity index (χ4v) is 3.42. The Labute approximate surface area is 169 Å². The molecule has 2 aromatic heterocycles. The fourth-order valence-electron chi connectivity index (χ4n) is 3.42. The lowest BCUT2D eigenvalue weighted by Gasteiger charge is -2.08. The standard InChI is InChI=1S/C21H25N5O3/c1-25-18(13-17(24-25)16-12-15(28-2)6-7-19(16)29-3)21(27)23-9-11-26-10-8-22-20(26)14-4-5-14/h6-8,10,12-14H,4-5,9,11H2,1-3H3,(H,23,27). The van der Waals surface area contributed by atoms with Gasteiger partial charge in [0, 0.05) is 44.0 Å². The van der Waals surface area contributed by atoms with E-state index in [9.17, 15) is 4.79 Å². The monoisotopic (exact) mass is 395 g/mol. The van der Waals surface area contributed by atoms with Crippen LogP contribution in [0, 0.1) is 0 Å². The summed E-state index contributed by atoms with van der Waals surface area (Å²) in [7, 11) is 4.97. The molecule has 3 aromatic rings. The van der Waals surface area contributed by atoms with Gasteiger partial charge in [-0.25, -0.2) is 4.98 Å². The first kappa shape index (κ1) is 19.0. The van der Waals surface area contributed by atoms with Crippen LogP contribution in [0.25, 0.3) is 11.3 Å². The maximum absolute atomic E-state index is 12.7. The van der Waals surface area contributed by atoms with Crippen molar-refractivity contribution in [1.29, 1.82) is 0 Å². The Morgan fingerprint density at radius 1 is 1.24 bits per heavy atom. The van der Waals surface area contributed by atoms with Crippen molar-refractivity contribution in [1.82, 2.24) is 24.6 Å². The Balaban J connectivity index is 1.46. The number of ether oxygens (including phenoxy) is 2. The maximum Gasteiger partial charge on any atom is 0.269 e. The first-order valence-corrected chi connectivity index (χ1v) is 9.66. The van der Waals surface area contributed by atoms with Gasteiger partial charge >= 0.3 is 0 Å². The van der Waals surface area contributed by atoms with Crippen molar-refractivity contribution in [3.63, 3.8) is 0 Å². The number of nitrogens with zero attached hydrogens (tertiary/aromatic N) is 4. The van der Waals surface area contributed by atoms with Crippen LogP contribution >= 0.6 is 0 Å². The van der Waals surface area contributed by atoms with Crippen LogP contribution in [0.4, 0.5) is 0 Å². The summed E-state index contributed by atoms with van der Waals surface area (Å²) in [5, 5.41) is 7.47. The van der Waals surface area contributed by atoms with Crippen LogP contribution in [0.1, 0.15) is 35.1 Å². The summed E-state index contributed by atoms with van der Waals surface area (Å²) in [5.41, 5.74) is 1.91. The van der Waals surface area contributed by atoms with Crippen molar-refractivity contribution >= 4 is 5.91 Å². The van der Waals surface area contributed by atoms with Crippen LogP contribution in [0.15, 0.2) is 36.7 Å². The van der Waals surface area contributed by atoms with Crippen molar-refractivity contribution in [2.75, 3.05) is 20.8 Å². The second-order valence-corrected chi connectivity index (χ2v) is 7.11. The molecule has 0 unspecified atom stereocenters. The van der Waals surface area contributed by atoms with Gasteiger partial charge in [-0.05, 0) is 37.1 Å². The molecule has 2 heterocycles. The molecule has 8 heteroatoms. The van der Waals surface area contributed by atoms with E-state index in [2.05, 4.69) is 20.0 Å². The highest BCUT2D eigenvalue weighted by Gasteiger charge is 2.27. The predicted octanol–water partition coefficient (Wildman–Crippen LogP) is 2.61. The Morgan fingerprint density at radius 3 is 2.79 bits per heavy atom. The maximum atomic E-state index is 12.7. The third kappa shape index (κ3) is 3.96. The second kappa shape index (κ2) is 7.98. The molecule has 4 rings (SSSR count). The molecule has 1 amide bonds. The lowest BCUT2D eigenvalue weighted by atomic mass is 10.1. The molecule has 152 valence electrons. The summed E-state index contributed by atoms with van der Waals surface area (Å²) in [6, 6.07) is 7.26. The van der Waals surface area contributed by atoms with Gasteiger partial charge in [-0.3, -0.25) is 9.48 Å². The van der Waals surface area contributed by atoms with Gasteiger partial charge < -0.3 is 19.4 Å². The van der Waals surface area contributed by atoms with E-state index in [0.29, 0.717) is 41.9 Å². The lowest BCUT2D eigenvalue weighted by Crippen LogP contribution is -2.29. The minimum absolute atomic E-state index is 0.166. The minimum atomic E-state index is -0.166. The minimum Gasteiger partial charge on any atom is -0.497 e. The number of methoxy groups -OCH3 is 2. The average Bonchev–Trinajstić information content (AvgIpc) is 3.35. The quantitative estimate of drug-likeness (QED) is 0.634. The number of hydrogen-bond donors (Lipinski definition) is 1. The van der Waals surface area contributed by atoms with Gasteiger partial charge in [0.1, 0.15) is 23.0 Å². The number of amides is 1. The summed E-state index contributed by atoms with van der Waals surface area (Å²) in [5.74, 6) is 2.90. The number of hydrogen-bond acceptors (Lipinski definition) is 5. The molecule has 0 atom stereocenters. The van der Waals surface area contributed by atoms with Crippen LogP contribution in [-0.4, -0.2) is 46.0 Å². The number of rotatable bonds is 8. The summed E-state index contributed by atoms with van der Waals surface area (Å²) < 4.78 is 14.4. The number of benzene rings is 1. The SMILES string of the molecule is COc1ccc(OC)c(-c2cc(C(=O)NCCn3ccnc3C3CC3)n(C)n2)c1. The van der Waals surface area contributed by atoms with Gasteiger partial charge in [-0.2, -0.15) is 5.10 Å². The highest BCUT2D eigenvalue weighted by molar-refractivity contribution is 5.93. The first-order valence-electron chi connectivity index (χ1n) is 9.66. The van der Waals surface area contributed by atoms with Gasteiger partial charge in [-0.15, -0.1) is 0 Å². The average molecular weight is 395 g/mol. The van der Waals surface area contributed by atoms with E-state index >= 15 is 0 Å². The van der Waals surface area contributed by atoms with Crippen molar-refractivity contribution in [3.05, 3.63) is 48.2 Å². The van der Waals surface area contributed by atoms with E-state index in [-0.39, 0.29) is 5.91 Å². The zero-order chi connectivity index (χ0) is 20.4. The van der Waals surface area contributed by atoms with Crippen LogP contribution in [0.3, 0.4) is 0 Å².